The fourth-order valence-corrected chi connectivity index (χ4v) is 5.51. The number of aliphatic hydroxyl groups excluding tert-OH is 1. The minimum absolute atomic E-state index is 0.0627. The molecule has 0 aromatic rings. The molecule has 29 heavy (non-hydrogen) atoms. The van der Waals surface area contributed by atoms with E-state index < -0.39 is 52.2 Å². The zero-order valence-electron chi connectivity index (χ0n) is 15.5. The first-order chi connectivity index (χ1) is 13.5. The van der Waals surface area contributed by atoms with Crippen molar-refractivity contribution in [3.63, 3.8) is 0 Å². The third-order valence-corrected chi connectivity index (χ3v) is 7.35. The predicted octanol–water partition coefficient (Wildman–Crippen LogP) is 1.06. The van der Waals surface area contributed by atoms with E-state index in [-0.39, 0.29) is 24.9 Å². The van der Waals surface area contributed by atoms with Crippen LogP contribution < -0.4 is 0 Å². The van der Waals surface area contributed by atoms with Gasteiger partial charge in [0.25, 0.3) is 0 Å². The molecule has 9 nitrogen and oxygen atoms in total. The lowest BCUT2D eigenvalue weighted by Crippen LogP contribution is -2.54. The summed E-state index contributed by atoms with van der Waals surface area (Å²) >= 11 is 0. The highest BCUT2D eigenvalue weighted by Gasteiger charge is 2.63. The molecule has 4 aliphatic rings. The monoisotopic (exact) mass is 442 g/mol. The Hall–Kier alpha value is -0.920. The molecule has 2 saturated carbocycles. The van der Waals surface area contributed by atoms with Gasteiger partial charge in [0.15, 0.2) is 12.1 Å². The zero-order chi connectivity index (χ0) is 21.0. The Morgan fingerprint density at radius 1 is 1.24 bits per heavy atom. The topological polar surface area (TPSA) is 129 Å². The normalized spacial score (nSPS) is 42.1. The first-order valence-corrected chi connectivity index (χ1v) is 11.2. The highest BCUT2D eigenvalue weighted by Crippen LogP contribution is 2.56. The van der Waals surface area contributed by atoms with E-state index in [2.05, 4.69) is 4.74 Å². The lowest BCUT2D eigenvalue weighted by atomic mass is 9.63. The fourth-order valence-electron chi connectivity index (χ4n) is 5.24. The first kappa shape index (κ1) is 21.3. The highest BCUT2D eigenvalue weighted by molar-refractivity contribution is 7.87. The van der Waals surface area contributed by atoms with Gasteiger partial charge in [0.05, 0.1) is 13.2 Å². The van der Waals surface area contributed by atoms with Crippen LogP contribution in [-0.2, 0) is 33.9 Å². The largest absolute Gasteiger partial charge is 0.465 e. The molecule has 166 valence electrons. The first-order valence-electron chi connectivity index (χ1n) is 9.72. The number of hydrogen-bond donors (Lipinski definition) is 2. The van der Waals surface area contributed by atoms with Gasteiger partial charge in [-0.15, -0.1) is 0 Å². The van der Waals surface area contributed by atoms with E-state index in [0.29, 0.717) is 12.3 Å². The molecule has 2 N–H and O–H groups in total. The quantitative estimate of drug-likeness (QED) is 0.474. The number of rotatable bonds is 5. The van der Waals surface area contributed by atoms with Crippen molar-refractivity contribution in [2.75, 3.05) is 13.2 Å². The average Bonchev–Trinajstić information content (AvgIpc) is 3.19. The molecule has 7 atom stereocenters. The lowest BCUT2D eigenvalue weighted by Gasteiger charge is -2.51. The minimum Gasteiger partial charge on any atom is -0.460 e. The van der Waals surface area contributed by atoms with Crippen LogP contribution in [0.5, 0.6) is 0 Å². The van der Waals surface area contributed by atoms with Crippen molar-refractivity contribution >= 4 is 16.1 Å². The molecule has 0 amide bonds. The van der Waals surface area contributed by atoms with Gasteiger partial charge >= 0.3 is 21.3 Å². The molecule has 2 bridgehead atoms. The van der Waals surface area contributed by atoms with E-state index in [1.807, 2.05) is 0 Å². The second-order valence-electron chi connectivity index (χ2n) is 8.26. The number of fused-ring (bicyclic) bond motifs is 4. The van der Waals surface area contributed by atoms with Gasteiger partial charge in [-0.05, 0) is 31.6 Å². The second-order valence-corrected chi connectivity index (χ2v) is 9.73. The molecule has 4 fully saturated rings. The van der Waals surface area contributed by atoms with Crippen molar-refractivity contribution in [2.24, 2.45) is 17.8 Å². The molecule has 2 saturated heterocycles. The minimum atomic E-state index is -5.91. The Labute approximate surface area is 166 Å². The van der Waals surface area contributed by atoms with Gasteiger partial charge < -0.3 is 24.1 Å². The molecular formula is C17H24F2O9S. The van der Waals surface area contributed by atoms with Crippen LogP contribution in [0.15, 0.2) is 0 Å². The molecule has 4 rings (SSSR count). The maximum atomic E-state index is 13.4. The molecule has 12 heteroatoms. The van der Waals surface area contributed by atoms with Crippen LogP contribution in [-0.4, -0.2) is 66.8 Å². The molecule has 2 aliphatic carbocycles. The summed E-state index contributed by atoms with van der Waals surface area (Å²) in [5.74, 6) is -3.15. The van der Waals surface area contributed by atoms with E-state index in [1.54, 1.807) is 0 Å². The molecule has 2 aliphatic heterocycles. The number of ether oxygens (including phenoxy) is 4. The van der Waals surface area contributed by atoms with Crippen molar-refractivity contribution < 1.29 is 50.6 Å². The molecule has 1 spiro atoms. The van der Waals surface area contributed by atoms with Gasteiger partial charge in [0.1, 0.15) is 12.2 Å². The van der Waals surface area contributed by atoms with Crippen molar-refractivity contribution in [1.82, 2.24) is 0 Å². The number of alkyl halides is 2. The smallest absolute Gasteiger partial charge is 0.460 e. The van der Waals surface area contributed by atoms with E-state index >= 15 is 0 Å². The maximum Gasteiger partial charge on any atom is 0.465 e. The van der Waals surface area contributed by atoms with Crippen LogP contribution in [0, 0.1) is 17.8 Å². The van der Waals surface area contributed by atoms with Crippen LogP contribution in [0.4, 0.5) is 8.78 Å². The van der Waals surface area contributed by atoms with Crippen molar-refractivity contribution in [2.45, 2.75) is 68.1 Å². The number of hydrogen-bond acceptors (Lipinski definition) is 8. The number of aliphatic hydroxyl groups is 1. The third-order valence-electron chi connectivity index (χ3n) is 6.53. The molecular weight excluding hydrogens is 418 g/mol. The Kier molecular flexibility index (Phi) is 5.40. The molecule has 2 heterocycles. The summed E-state index contributed by atoms with van der Waals surface area (Å²) in [6, 6.07) is 0. The van der Waals surface area contributed by atoms with Crippen LogP contribution in [0.3, 0.4) is 0 Å². The number of halogens is 2. The Morgan fingerprint density at radius 3 is 2.69 bits per heavy atom. The maximum absolute atomic E-state index is 13.4. The summed E-state index contributed by atoms with van der Waals surface area (Å²) in [5, 5.41) is 4.96. The van der Waals surface area contributed by atoms with Crippen LogP contribution >= 0.6 is 0 Å². The van der Waals surface area contributed by atoms with Crippen molar-refractivity contribution in [3.05, 3.63) is 0 Å². The van der Waals surface area contributed by atoms with Gasteiger partial charge in [-0.25, -0.2) is 4.79 Å². The predicted molar refractivity (Wildman–Crippen MR) is 90.1 cm³/mol. The molecule has 0 radical (unpaired) electrons. The van der Waals surface area contributed by atoms with Gasteiger partial charge in [0, 0.05) is 11.8 Å². The molecule has 7 unspecified atom stereocenters. The number of esters is 1. The third kappa shape index (κ3) is 3.57. The van der Waals surface area contributed by atoms with E-state index in [1.165, 1.54) is 0 Å². The van der Waals surface area contributed by atoms with Gasteiger partial charge in [-0.3, -0.25) is 4.55 Å². The molecule has 0 aromatic carbocycles. The van der Waals surface area contributed by atoms with Crippen LogP contribution in [0.2, 0.25) is 0 Å². The second kappa shape index (κ2) is 7.34. The van der Waals surface area contributed by atoms with Crippen LogP contribution in [0.1, 0.15) is 38.5 Å². The summed E-state index contributed by atoms with van der Waals surface area (Å²) in [6.45, 7) is -0.289. The van der Waals surface area contributed by atoms with Crippen molar-refractivity contribution in [3.8, 4) is 0 Å². The van der Waals surface area contributed by atoms with E-state index in [9.17, 15) is 27.1 Å². The summed E-state index contributed by atoms with van der Waals surface area (Å²) in [7, 11) is -5.91. The van der Waals surface area contributed by atoms with Gasteiger partial charge in [0.2, 0.25) is 0 Å². The van der Waals surface area contributed by atoms with Gasteiger partial charge in [-0.2, -0.15) is 17.2 Å². The number of carbonyl (C=O) groups is 1. The van der Waals surface area contributed by atoms with Crippen molar-refractivity contribution in [1.29, 1.82) is 0 Å². The van der Waals surface area contributed by atoms with Crippen LogP contribution in [0.25, 0.3) is 0 Å². The summed E-state index contributed by atoms with van der Waals surface area (Å²) in [5.41, 5.74) is 0. The Bertz CT molecular complexity index is 760. The number of carbonyl (C=O) groups excluding carboxylic acids is 1. The van der Waals surface area contributed by atoms with E-state index in [0.717, 1.165) is 25.7 Å². The average molecular weight is 442 g/mol. The zero-order valence-corrected chi connectivity index (χ0v) is 16.4. The fraction of sp³-hybridized carbons (Fsp3) is 0.941. The Morgan fingerprint density at radius 2 is 2.00 bits per heavy atom. The molecule has 0 aromatic heterocycles. The summed E-state index contributed by atoms with van der Waals surface area (Å²) in [6.07, 6.45) is 2.43. The lowest BCUT2D eigenvalue weighted by molar-refractivity contribution is -0.297. The Balaban J connectivity index is 1.46. The van der Waals surface area contributed by atoms with Gasteiger partial charge in [-0.1, -0.05) is 12.8 Å². The highest BCUT2D eigenvalue weighted by atomic mass is 32.2. The summed E-state index contributed by atoms with van der Waals surface area (Å²) in [4.78, 5) is 11.4. The SMILES string of the molecule is O=C(OCCC1CC2CCCC(C2)C12OC1COC(O)C1O2)C(F)(F)S(=O)(=O)O. The van der Waals surface area contributed by atoms with E-state index in [4.69, 9.17) is 18.8 Å². The standard InChI is InChI=1S/C17H24F2O9S/c18-17(19,29(22,23)24)15(21)25-5-4-11-7-9-2-1-3-10(6-9)16(11)27-12-8-26-14(20)13(12)28-16/h9-14,20H,1-8H2,(H,22,23,24). The summed E-state index contributed by atoms with van der Waals surface area (Å²) < 4.78 is 78.6.